The van der Waals surface area contributed by atoms with E-state index >= 15 is 0 Å². The molecule has 1 atom stereocenters. The van der Waals surface area contributed by atoms with Crippen LogP contribution in [0.4, 0.5) is 0 Å². The third-order valence-electron chi connectivity index (χ3n) is 3.31. The first-order valence-corrected chi connectivity index (χ1v) is 8.48. The molecule has 3 nitrogen and oxygen atoms in total. The number of thiophene rings is 2. The number of fused-ring (bicyclic) bond motifs is 1. The lowest BCUT2D eigenvalue weighted by Gasteiger charge is -2.11. The lowest BCUT2D eigenvalue weighted by Crippen LogP contribution is -2.29. The van der Waals surface area contributed by atoms with Crippen LogP contribution in [0, 0.1) is 0 Å². The Bertz CT molecular complexity index is 734. The monoisotopic (exact) mass is 317 g/mol. The summed E-state index contributed by atoms with van der Waals surface area (Å²) in [7, 11) is 0. The SMILES string of the molecule is O=C(Cc1ccsc1)NCC(O)c1csc2ccccc12. The Kier molecular flexibility index (Phi) is 4.34. The molecule has 1 aromatic carbocycles. The number of hydrogen-bond acceptors (Lipinski definition) is 4. The van der Waals surface area contributed by atoms with E-state index in [9.17, 15) is 9.90 Å². The molecular formula is C16H15NO2S2. The first-order valence-electron chi connectivity index (χ1n) is 6.66. The molecule has 0 saturated carbocycles. The maximum Gasteiger partial charge on any atom is 0.224 e. The van der Waals surface area contributed by atoms with Crippen molar-refractivity contribution in [2.45, 2.75) is 12.5 Å². The fourth-order valence-electron chi connectivity index (χ4n) is 2.22. The molecule has 2 aromatic heterocycles. The summed E-state index contributed by atoms with van der Waals surface area (Å²) in [4.78, 5) is 11.8. The van der Waals surface area contributed by atoms with Gasteiger partial charge in [0.05, 0.1) is 12.5 Å². The molecule has 1 unspecified atom stereocenters. The number of benzene rings is 1. The van der Waals surface area contributed by atoms with Gasteiger partial charge in [-0.2, -0.15) is 11.3 Å². The van der Waals surface area contributed by atoms with Crippen LogP contribution < -0.4 is 5.32 Å². The molecule has 0 radical (unpaired) electrons. The molecule has 0 spiro atoms. The molecule has 0 aliphatic heterocycles. The Morgan fingerprint density at radius 3 is 2.90 bits per heavy atom. The van der Waals surface area contributed by atoms with Crippen LogP contribution in [0.15, 0.2) is 46.5 Å². The number of carbonyl (C=O) groups is 1. The first kappa shape index (κ1) is 14.3. The van der Waals surface area contributed by atoms with E-state index in [0.717, 1.165) is 21.2 Å². The molecular weight excluding hydrogens is 302 g/mol. The zero-order valence-electron chi connectivity index (χ0n) is 11.3. The maximum atomic E-state index is 11.8. The predicted octanol–water partition coefficient (Wildman–Crippen LogP) is 3.36. The number of carbonyl (C=O) groups excluding carboxylic acids is 1. The molecule has 108 valence electrons. The van der Waals surface area contributed by atoms with Crippen molar-refractivity contribution in [2.24, 2.45) is 0 Å². The Labute approximate surface area is 130 Å². The Balaban J connectivity index is 1.61. The lowest BCUT2D eigenvalue weighted by molar-refractivity contribution is -0.120. The molecule has 1 amide bonds. The van der Waals surface area contributed by atoms with Crippen molar-refractivity contribution in [1.82, 2.24) is 5.32 Å². The van der Waals surface area contributed by atoms with Gasteiger partial charge in [-0.3, -0.25) is 4.79 Å². The molecule has 3 aromatic rings. The second-order valence-corrected chi connectivity index (χ2v) is 6.51. The van der Waals surface area contributed by atoms with Gasteiger partial charge in [0.1, 0.15) is 0 Å². The van der Waals surface area contributed by atoms with Crippen molar-refractivity contribution in [3.05, 3.63) is 57.6 Å². The van der Waals surface area contributed by atoms with Crippen molar-refractivity contribution in [1.29, 1.82) is 0 Å². The lowest BCUT2D eigenvalue weighted by atomic mass is 10.1. The Hall–Kier alpha value is -1.69. The van der Waals surface area contributed by atoms with Crippen LogP contribution in [0.5, 0.6) is 0 Å². The molecule has 21 heavy (non-hydrogen) atoms. The van der Waals surface area contributed by atoms with Gasteiger partial charge in [0.2, 0.25) is 5.91 Å². The van der Waals surface area contributed by atoms with Crippen LogP contribution in [-0.2, 0) is 11.2 Å². The van der Waals surface area contributed by atoms with Crippen molar-refractivity contribution in [2.75, 3.05) is 6.54 Å². The molecule has 0 aliphatic carbocycles. The summed E-state index contributed by atoms with van der Waals surface area (Å²) < 4.78 is 1.15. The van der Waals surface area contributed by atoms with Gasteiger partial charge in [-0.15, -0.1) is 11.3 Å². The molecule has 2 N–H and O–H groups in total. The van der Waals surface area contributed by atoms with Gasteiger partial charge in [-0.05, 0) is 39.2 Å². The Morgan fingerprint density at radius 2 is 2.10 bits per heavy atom. The van der Waals surface area contributed by atoms with Gasteiger partial charge in [0.25, 0.3) is 0 Å². The van der Waals surface area contributed by atoms with Gasteiger partial charge in [0, 0.05) is 16.8 Å². The summed E-state index contributed by atoms with van der Waals surface area (Å²) in [6.45, 7) is 0.240. The highest BCUT2D eigenvalue weighted by atomic mass is 32.1. The summed E-state index contributed by atoms with van der Waals surface area (Å²) >= 11 is 3.19. The number of amides is 1. The third kappa shape index (κ3) is 3.32. The standard InChI is InChI=1S/C16H15NO2S2/c18-14(8-17-16(19)7-11-5-6-20-9-11)13-10-21-15-4-2-1-3-12(13)15/h1-6,9-10,14,18H,7-8H2,(H,17,19). The van der Waals surface area contributed by atoms with Crippen LogP contribution in [-0.4, -0.2) is 17.6 Å². The van der Waals surface area contributed by atoms with Crippen molar-refractivity contribution in [3.63, 3.8) is 0 Å². The largest absolute Gasteiger partial charge is 0.387 e. The Morgan fingerprint density at radius 1 is 1.24 bits per heavy atom. The summed E-state index contributed by atoms with van der Waals surface area (Å²) in [5, 5.41) is 20.0. The predicted molar refractivity (Wildman–Crippen MR) is 87.8 cm³/mol. The highest BCUT2D eigenvalue weighted by Crippen LogP contribution is 2.29. The van der Waals surface area contributed by atoms with Crippen LogP contribution >= 0.6 is 22.7 Å². The number of hydrogen-bond donors (Lipinski definition) is 2. The molecule has 2 heterocycles. The first-order chi connectivity index (χ1) is 10.2. The maximum absolute atomic E-state index is 11.8. The highest BCUT2D eigenvalue weighted by molar-refractivity contribution is 7.17. The summed E-state index contributed by atoms with van der Waals surface area (Å²) in [5.74, 6) is -0.0630. The molecule has 0 aliphatic rings. The number of rotatable bonds is 5. The zero-order valence-corrected chi connectivity index (χ0v) is 12.9. The second kappa shape index (κ2) is 6.39. The van der Waals surface area contributed by atoms with E-state index in [4.69, 9.17) is 0 Å². The molecule has 5 heteroatoms. The normalized spacial score (nSPS) is 12.4. The van der Waals surface area contributed by atoms with Gasteiger partial charge in [-0.1, -0.05) is 18.2 Å². The van der Waals surface area contributed by atoms with Crippen molar-refractivity contribution < 1.29 is 9.90 Å². The third-order valence-corrected chi connectivity index (χ3v) is 5.02. The second-order valence-electron chi connectivity index (χ2n) is 4.82. The van der Waals surface area contributed by atoms with Gasteiger partial charge in [-0.25, -0.2) is 0 Å². The summed E-state index contributed by atoms with van der Waals surface area (Å²) in [6.07, 6.45) is -0.312. The molecule has 0 fully saturated rings. The van der Waals surface area contributed by atoms with E-state index in [2.05, 4.69) is 5.32 Å². The van der Waals surface area contributed by atoms with Crippen LogP contribution in [0.3, 0.4) is 0 Å². The van der Waals surface area contributed by atoms with E-state index in [1.165, 1.54) is 0 Å². The van der Waals surface area contributed by atoms with E-state index in [1.807, 2.05) is 46.5 Å². The van der Waals surface area contributed by atoms with E-state index < -0.39 is 6.10 Å². The number of aliphatic hydroxyl groups excluding tert-OH is 1. The zero-order chi connectivity index (χ0) is 14.7. The topological polar surface area (TPSA) is 49.3 Å². The van der Waals surface area contributed by atoms with E-state index in [0.29, 0.717) is 6.42 Å². The van der Waals surface area contributed by atoms with E-state index in [-0.39, 0.29) is 12.5 Å². The van der Waals surface area contributed by atoms with E-state index in [1.54, 1.807) is 22.7 Å². The minimum absolute atomic E-state index is 0.0630. The minimum Gasteiger partial charge on any atom is -0.387 e. The summed E-state index contributed by atoms with van der Waals surface area (Å²) in [5.41, 5.74) is 1.89. The average Bonchev–Trinajstić information content (AvgIpc) is 3.13. The van der Waals surface area contributed by atoms with Crippen LogP contribution in [0.1, 0.15) is 17.2 Å². The number of aliphatic hydroxyl groups is 1. The van der Waals surface area contributed by atoms with Crippen molar-refractivity contribution >= 4 is 38.7 Å². The van der Waals surface area contributed by atoms with Gasteiger partial charge in [0.15, 0.2) is 0 Å². The van der Waals surface area contributed by atoms with Crippen LogP contribution in [0.25, 0.3) is 10.1 Å². The highest BCUT2D eigenvalue weighted by Gasteiger charge is 2.14. The van der Waals surface area contributed by atoms with Crippen molar-refractivity contribution in [3.8, 4) is 0 Å². The minimum atomic E-state index is -0.674. The fourth-order valence-corrected chi connectivity index (χ4v) is 3.89. The molecule has 0 saturated heterocycles. The summed E-state index contributed by atoms with van der Waals surface area (Å²) in [6, 6.07) is 9.91. The number of nitrogens with one attached hydrogen (secondary N) is 1. The average molecular weight is 317 g/mol. The molecule has 3 rings (SSSR count). The van der Waals surface area contributed by atoms with Gasteiger partial charge < -0.3 is 10.4 Å². The quantitative estimate of drug-likeness (QED) is 0.758. The van der Waals surface area contributed by atoms with Crippen LogP contribution in [0.2, 0.25) is 0 Å². The molecule has 0 bridgehead atoms. The fraction of sp³-hybridized carbons (Fsp3) is 0.188. The smallest absolute Gasteiger partial charge is 0.224 e. The van der Waals surface area contributed by atoms with Gasteiger partial charge >= 0.3 is 0 Å².